The lowest BCUT2D eigenvalue weighted by atomic mass is 10.3. The summed E-state index contributed by atoms with van der Waals surface area (Å²) in [6.45, 7) is 0. The Morgan fingerprint density at radius 3 is 2.56 bits per heavy atom. The Balaban J connectivity index is 2.60. The molecule has 0 aliphatic carbocycles. The highest BCUT2D eigenvalue weighted by Crippen LogP contribution is 2.13. The lowest BCUT2D eigenvalue weighted by Crippen LogP contribution is -2.21. The summed E-state index contributed by atoms with van der Waals surface area (Å²) >= 11 is 0. The molecule has 0 saturated carbocycles. The van der Waals surface area contributed by atoms with Gasteiger partial charge in [0.15, 0.2) is 11.6 Å². The largest absolute Gasteiger partial charge is 0.504 e. The van der Waals surface area contributed by atoms with Crippen LogP contribution >= 0.6 is 0 Å². The number of hydrogen-bond donors (Lipinski definition) is 2. The molecule has 1 aromatic heterocycles. The first-order valence-corrected chi connectivity index (χ1v) is 4.42. The van der Waals surface area contributed by atoms with Crippen LogP contribution in [-0.2, 0) is 0 Å². The lowest BCUT2D eigenvalue weighted by Gasteiger charge is -2.05. The zero-order chi connectivity index (χ0) is 11.7. The minimum Gasteiger partial charge on any atom is -0.504 e. The maximum atomic E-state index is 12.7. The molecule has 0 atom stereocenters. The van der Waals surface area contributed by atoms with Crippen LogP contribution in [0.15, 0.2) is 35.1 Å². The summed E-state index contributed by atoms with van der Waals surface area (Å²) in [5.74, 6) is -0.948. The zero-order valence-corrected chi connectivity index (χ0v) is 8.09. The summed E-state index contributed by atoms with van der Waals surface area (Å²) in [6.07, 6.45) is 0. The van der Waals surface area contributed by atoms with Crippen LogP contribution in [-0.4, -0.2) is 14.9 Å². The van der Waals surface area contributed by atoms with Gasteiger partial charge in [-0.3, -0.25) is 4.79 Å². The Bertz CT molecular complexity index is 578. The van der Waals surface area contributed by atoms with Crippen LogP contribution in [0.25, 0.3) is 5.69 Å². The molecule has 0 fully saturated rings. The minimum atomic E-state index is -0.543. The molecule has 82 valence electrons. The van der Waals surface area contributed by atoms with Crippen molar-refractivity contribution in [3.05, 3.63) is 46.5 Å². The van der Waals surface area contributed by atoms with Gasteiger partial charge in [-0.15, -0.1) is 5.10 Å². The van der Waals surface area contributed by atoms with Crippen molar-refractivity contribution in [1.82, 2.24) is 9.78 Å². The van der Waals surface area contributed by atoms with Gasteiger partial charge in [0.2, 0.25) is 0 Å². The summed E-state index contributed by atoms with van der Waals surface area (Å²) in [7, 11) is 0. The second-order valence-corrected chi connectivity index (χ2v) is 3.14. The topological polar surface area (TPSA) is 81.1 Å². The number of nitrogens with zero attached hydrogens (tertiary/aromatic N) is 2. The highest BCUT2D eigenvalue weighted by molar-refractivity contribution is 5.44. The average Bonchev–Trinajstić information content (AvgIpc) is 2.25. The van der Waals surface area contributed by atoms with Crippen LogP contribution in [0, 0.1) is 5.82 Å². The van der Waals surface area contributed by atoms with Crippen LogP contribution in [0.3, 0.4) is 0 Å². The van der Waals surface area contributed by atoms with Gasteiger partial charge in [0.25, 0.3) is 5.56 Å². The smallest absolute Gasteiger partial charge is 0.275 e. The van der Waals surface area contributed by atoms with Crippen molar-refractivity contribution >= 4 is 5.82 Å². The fourth-order valence-electron chi connectivity index (χ4n) is 1.23. The summed E-state index contributed by atoms with van der Waals surface area (Å²) < 4.78 is 13.7. The Morgan fingerprint density at radius 1 is 1.31 bits per heavy atom. The number of nitrogens with two attached hydrogens (primary N) is 1. The predicted octanol–water partition coefficient (Wildman–Crippen LogP) is 0.659. The molecule has 0 bridgehead atoms. The molecule has 2 aromatic rings. The van der Waals surface area contributed by atoms with Crippen LogP contribution in [0.2, 0.25) is 0 Å². The fraction of sp³-hybridized carbons (Fsp3) is 0. The van der Waals surface area contributed by atoms with E-state index in [-0.39, 0.29) is 11.6 Å². The molecule has 1 aromatic carbocycles. The molecule has 0 spiro atoms. The molecule has 5 nitrogen and oxygen atoms in total. The van der Waals surface area contributed by atoms with E-state index in [1.165, 1.54) is 24.3 Å². The SMILES string of the molecule is Nc1nn(-c2ccc(F)cc2)c(=O)cc1O. The first-order valence-electron chi connectivity index (χ1n) is 4.42. The van der Waals surface area contributed by atoms with E-state index < -0.39 is 11.4 Å². The molecular formula is C10H8FN3O2. The summed E-state index contributed by atoms with van der Waals surface area (Å²) in [5.41, 5.74) is 5.19. The number of anilines is 1. The van der Waals surface area contributed by atoms with Gasteiger partial charge in [-0.25, -0.2) is 4.39 Å². The number of hydrogen-bond acceptors (Lipinski definition) is 4. The molecule has 16 heavy (non-hydrogen) atoms. The fourth-order valence-corrected chi connectivity index (χ4v) is 1.23. The summed E-state index contributed by atoms with van der Waals surface area (Å²) in [4.78, 5) is 11.5. The van der Waals surface area contributed by atoms with Crippen molar-refractivity contribution in [2.45, 2.75) is 0 Å². The van der Waals surface area contributed by atoms with E-state index in [0.717, 1.165) is 10.7 Å². The van der Waals surface area contributed by atoms with Gasteiger partial charge in [-0.1, -0.05) is 0 Å². The number of benzene rings is 1. The van der Waals surface area contributed by atoms with Crippen LogP contribution < -0.4 is 11.3 Å². The molecule has 0 amide bonds. The Morgan fingerprint density at radius 2 is 1.94 bits per heavy atom. The first kappa shape index (κ1) is 10.2. The first-order chi connectivity index (χ1) is 7.58. The van der Waals surface area contributed by atoms with E-state index >= 15 is 0 Å². The summed E-state index contributed by atoms with van der Waals surface area (Å²) in [5, 5.41) is 12.8. The number of halogens is 1. The van der Waals surface area contributed by atoms with Gasteiger partial charge in [0.05, 0.1) is 11.8 Å². The van der Waals surface area contributed by atoms with E-state index in [0.29, 0.717) is 5.69 Å². The van der Waals surface area contributed by atoms with Crippen molar-refractivity contribution in [1.29, 1.82) is 0 Å². The molecule has 0 saturated heterocycles. The van der Waals surface area contributed by atoms with Gasteiger partial charge in [-0.05, 0) is 24.3 Å². The van der Waals surface area contributed by atoms with Gasteiger partial charge < -0.3 is 10.8 Å². The van der Waals surface area contributed by atoms with Gasteiger partial charge in [0.1, 0.15) is 5.82 Å². The van der Waals surface area contributed by atoms with Gasteiger partial charge >= 0.3 is 0 Å². The molecular weight excluding hydrogens is 213 g/mol. The lowest BCUT2D eigenvalue weighted by molar-refractivity contribution is 0.471. The Kier molecular flexibility index (Phi) is 2.32. The summed E-state index contributed by atoms with van der Waals surface area (Å²) in [6, 6.07) is 6.13. The zero-order valence-electron chi connectivity index (χ0n) is 8.09. The van der Waals surface area contributed by atoms with Crippen molar-refractivity contribution in [2.75, 3.05) is 5.73 Å². The highest BCUT2D eigenvalue weighted by atomic mass is 19.1. The second kappa shape index (κ2) is 3.65. The third kappa shape index (κ3) is 1.72. The standard InChI is InChI=1S/C10H8FN3O2/c11-6-1-3-7(4-2-6)14-9(16)5-8(15)10(12)13-14/h1-5,15H,(H2,12,13). The molecule has 3 N–H and O–H groups in total. The Hall–Kier alpha value is -2.37. The number of nitrogen functional groups attached to an aromatic ring is 1. The van der Waals surface area contributed by atoms with Crippen molar-refractivity contribution < 1.29 is 9.50 Å². The van der Waals surface area contributed by atoms with E-state index in [1.807, 2.05) is 0 Å². The second-order valence-electron chi connectivity index (χ2n) is 3.14. The monoisotopic (exact) mass is 221 g/mol. The molecule has 1 heterocycles. The van der Waals surface area contributed by atoms with Crippen LogP contribution in [0.1, 0.15) is 0 Å². The van der Waals surface area contributed by atoms with E-state index in [9.17, 15) is 9.18 Å². The maximum absolute atomic E-state index is 12.7. The number of aromatic nitrogens is 2. The van der Waals surface area contributed by atoms with E-state index in [2.05, 4.69) is 5.10 Å². The third-order valence-corrected chi connectivity index (χ3v) is 2.01. The Labute approximate surface area is 89.6 Å². The highest BCUT2D eigenvalue weighted by Gasteiger charge is 2.06. The van der Waals surface area contributed by atoms with E-state index in [4.69, 9.17) is 10.8 Å². The normalized spacial score (nSPS) is 10.3. The molecule has 0 unspecified atom stereocenters. The number of aromatic hydroxyl groups is 1. The molecule has 6 heteroatoms. The van der Waals surface area contributed by atoms with E-state index in [1.54, 1.807) is 0 Å². The van der Waals surface area contributed by atoms with Crippen LogP contribution in [0.5, 0.6) is 5.75 Å². The minimum absolute atomic E-state index is 0.163. The average molecular weight is 221 g/mol. The van der Waals surface area contributed by atoms with Crippen LogP contribution in [0.4, 0.5) is 10.2 Å². The van der Waals surface area contributed by atoms with Gasteiger partial charge in [-0.2, -0.15) is 4.68 Å². The predicted molar refractivity (Wildman–Crippen MR) is 55.9 cm³/mol. The molecule has 2 rings (SSSR count). The quantitative estimate of drug-likeness (QED) is 0.741. The number of rotatable bonds is 1. The van der Waals surface area contributed by atoms with Crippen molar-refractivity contribution in [2.24, 2.45) is 0 Å². The van der Waals surface area contributed by atoms with Crippen molar-refractivity contribution in [3.8, 4) is 11.4 Å². The molecule has 0 aliphatic rings. The van der Waals surface area contributed by atoms with Gasteiger partial charge in [0, 0.05) is 0 Å². The third-order valence-electron chi connectivity index (χ3n) is 2.01. The molecule has 0 aliphatic heterocycles. The van der Waals surface area contributed by atoms with Crippen molar-refractivity contribution in [3.63, 3.8) is 0 Å². The molecule has 0 radical (unpaired) electrons. The maximum Gasteiger partial charge on any atom is 0.275 e.